The van der Waals surface area contributed by atoms with Gasteiger partial charge < -0.3 is 10.2 Å². The molecule has 4 nitrogen and oxygen atoms in total. The van der Waals surface area contributed by atoms with Crippen LogP contribution in [0, 0.1) is 5.82 Å². The van der Waals surface area contributed by atoms with Crippen LogP contribution >= 0.6 is 0 Å². The first-order valence-corrected chi connectivity index (χ1v) is 8.77. The minimum absolute atomic E-state index is 0.0805. The van der Waals surface area contributed by atoms with Gasteiger partial charge in [-0.25, -0.2) is 4.39 Å². The molecule has 0 aromatic heterocycles. The molecule has 1 N–H and O–H groups in total. The number of nitrogens with zero attached hydrogens (tertiary/aromatic N) is 1. The van der Waals surface area contributed by atoms with E-state index in [4.69, 9.17) is 0 Å². The maximum Gasteiger partial charge on any atom is 0.247 e. The topological polar surface area (TPSA) is 49.4 Å². The summed E-state index contributed by atoms with van der Waals surface area (Å²) in [6, 6.07) is 14.9. The predicted octanol–water partition coefficient (Wildman–Crippen LogP) is 3.19. The van der Waals surface area contributed by atoms with Gasteiger partial charge in [0.05, 0.1) is 0 Å². The Morgan fingerprint density at radius 1 is 1.15 bits per heavy atom. The minimum Gasteiger partial charge on any atom is -0.352 e. The maximum atomic E-state index is 13.2. The molecule has 0 saturated carbocycles. The second kappa shape index (κ2) is 7.28. The van der Waals surface area contributed by atoms with Crippen LogP contribution in [0.3, 0.4) is 0 Å². The molecule has 2 amide bonds. The number of piperazine rings is 1. The molecule has 1 fully saturated rings. The molecular weight excluding hydrogens is 331 g/mol. The maximum absolute atomic E-state index is 13.2. The van der Waals surface area contributed by atoms with E-state index in [0.29, 0.717) is 25.1 Å². The highest BCUT2D eigenvalue weighted by Crippen LogP contribution is 2.31. The highest BCUT2D eigenvalue weighted by atomic mass is 19.1. The zero-order valence-corrected chi connectivity index (χ0v) is 15.0. The van der Waals surface area contributed by atoms with Crippen molar-refractivity contribution in [3.8, 4) is 0 Å². The molecule has 1 atom stereocenters. The number of rotatable bonds is 4. The van der Waals surface area contributed by atoms with Crippen LogP contribution in [-0.4, -0.2) is 29.8 Å². The Labute approximate surface area is 153 Å². The molecule has 136 valence electrons. The third-order valence-electron chi connectivity index (χ3n) is 4.87. The van der Waals surface area contributed by atoms with E-state index in [1.807, 2.05) is 44.2 Å². The SMILES string of the molecule is CC(C)(CC(=O)N1CCNC(=O)C1c1ccc(F)cc1)c1ccccc1. The highest BCUT2D eigenvalue weighted by molar-refractivity contribution is 5.90. The van der Waals surface area contributed by atoms with Crippen LogP contribution < -0.4 is 5.32 Å². The summed E-state index contributed by atoms with van der Waals surface area (Å²) in [6.45, 7) is 4.92. The van der Waals surface area contributed by atoms with Gasteiger partial charge in [-0.1, -0.05) is 56.3 Å². The quantitative estimate of drug-likeness (QED) is 0.917. The first kappa shape index (κ1) is 18.1. The number of benzene rings is 2. The van der Waals surface area contributed by atoms with Crippen LogP contribution in [0.5, 0.6) is 0 Å². The molecule has 1 saturated heterocycles. The van der Waals surface area contributed by atoms with Crippen molar-refractivity contribution >= 4 is 11.8 Å². The summed E-state index contributed by atoms with van der Waals surface area (Å²) in [6.07, 6.45) is 0.294. The fourth-order valence-corrected chi connectivity index (χ4v) is 3.38. The minimum atomic E-state index is -0.719. The lowest BCUT2D eigenvalue weighted by Gasteiger charge is -2.37. The number of amides is 2. The first-order valence-electron chi connectivity index (χ1n) is 8.77. The lowest BCUT2D eigenvalue weighted by molar-refractivity contribution is -0.144. The molecule has 0 aliphatic carbocycles. The van der Waals surface area contributed by atoms with Crippen LogP contribution in [0.2, 0.25) is 0 Å². The summed E-state index contributed by atoms with van der Waals surface area (Å²) in [4.78, 5) is 27.1. The van der Waals surface area contributed by atoms with E-state index in [9.17, 15) is 14.0 Å². The average molecular weight is 354 g/mol. The fourth-order valence-electron chi connectivity index (χ4n) is 3.38. The van der Waals surface area contributed by atoms with Crippen molar-refractivity contribution in [2.24, 2.45) is 0 Å². The Hall–Kier alpha value is -2.69. The van der Waals surface area contributed by atoms with Gasteiger partial charge in [0, 0.05) is 19.5 Å². The summed E-state index contributed by atoms with van der Waals surface area (Å²) in [7, 11) is 0. The van der Waals surface area contributed by atoms with E-state index in [0.717, 1.165) is 5.56 Å². The smallest absolute Gasteiger partial charge is 0.247 e. The van der Waals surface area contributed by atoms with Crippen LogP contribution in [0.4, 0.5) is 4.39 Å². The first-order chi connectivity index (χ1) is 12.4. The number of hydrogen-bond acceptors (Lipinski definition) is 2. The Bertz CT molecular complexity index is 787. The van der Waals surface area contributed by atoms with E-state index in [-0.39, 0.29) is 23.0 Å². The van der Waals surface area contributed by atoms with Crippen molar-refractivity contribution < 1.29 is 14.0 Å². The molecule has 1 heterocycles. The van der Waals surface area contributed by atoms with Crippen molar-refractivity contribution in [1.82, 2.24) is 10.2 Å². The van der Waals surface area contributed by atoms with E-state index in [1.54, 1.807) is 17.0 Å². The van der Waals surface area contributed by atoms with E-state index in [2.05, 4.69) is 5.32 Å². The summed E-state index contributed by atoms with van der Waals surface area (Å²) in [5.41, 5.74) is 1.35. The van der Waals surface area contributed by atoms with Gasteiger partial charge in [-0.2, -0.15) is 0 Å². The molecular formula is C21H23FN2O2. The van der Waals surface area contributed by atoms with Crippen molar-refractivity contribution in [2.75, 3.05) is 13.1 Å². The number of carbonyl (C=O) groups excluding carboxylic acids is 2. The van der Waals surface area contributed by atoms with Gasteiger partial charge in [-0.15, -0.1) is 0 Å². The highest BCUT2D eigenvalue weighted by Gasteiger charge is 2.36. The molecule has 2 aromatic rings. The number of halogens is 1. The van der Waals surface area contributed by atoms with E-state index >= 15 is 0 Å². The monoisotopic (exact) mass is 354 g/mol. The summed E-state index contributed by atoms with van der Waals surface area (Å²) < 4.78 is 13.2. The van der Waals surface area contributed by atoms with Gasteiger partial charge in [-0.3, -0.25) is 9.59 Å². The second-order valence-electron chi connectivity index (χ2n) is 7.26. The third-order valence-corrected chi connectivity index (χ3v) is 4.87. The van der Waals surface area contributed by atoms with Crippen LogP contribution in [-0.2, 0) is 15.0 Å². The van der Waals surface area contributed by atoms with Crippen LogP contribution in [0.25, 0.3) is 0 Å². The van der Waals surface area contributed by atoms with Crippen molar-refractivity contribution in [1.29, 1.82) is 0 Å². The average Bonchev–Trinajstić information content (AvgIpc) is 2.63. The summed E-state index contributed by atoms with van der Waals surface area (Å²) in [5.74, 6) is -0.676. The van der Waals surface area contributed by atoms with Gasteiger partial charge in [-0.05, 0) is 28.7 Å². The number of carbonyl (C=O) groups is 2. The molecule has 0 radical (unpaired) electrons. The Morgan fingerprint density at radius 2 is 1.81 bits per heavy atom. The van der Waals surface area contributed by atoms with Gasteiger partial charge >= 0.3 is 0 Å². The Kier molecular flexibility index (Phi) is 5.07. The molecule has 0 spiro atoms. The standard InChI is InChI=1S/C21H23FN2O2/c1-21(2,16-6-4-3-5-7-16)14-18(25)24-13-12-23-20(26)19(24)15-8-10-17(22)11-9-15/h3-11,19H,12-14H2,1-2H3,(H,23,26). The Balaban J connectivity index is 1.84. The van der Waals surface area contributed by atoms with Gasteiger partial charge in [0.2, 0.25) is 11.8 Å². The van der Waals surface area contributed by atoms with E-state index < -0.39 is 6.04 Å². The van der Waals surface area contributed by atoms with Gasteiger partial charge in [0.1, 0.15) is 11.9 Å². The molecule has 1 aliphatic heterocycles. The summed E-state index contributed by atoms with van der Waals surface area (Å²) >= 11 is 0. The lowest BCUT2D eigenvalue weighted by atomic mass is 9.81. The molecule has 1 aliphatic rings. The van der Waals surface area contributed by atoms with E-state index in [1.165, 1.54) is 12.1 Å². The molecule has 2 aromatic carbocycles. The predicted molar refractivity (Wildman–Crippen MR) is 97.9 cm³/mol. The van der Waals surface area contributed by atoms with Gasteiger partial charge in [0.15, 0.2) is 0 Å². The zero-order valence-electron chi connectivity index (χ0n) is 15.0. The van der Waals surface area contributed by atoms with Crippen molar-refractivity contribution in [3.63, 3.8) is 0 Å². The van der Waals surface area contributed by atoms with Crippen LogP contribution in [0.1, 0.15) is 37.4 Å². The van der Waals surface area contributed by atoms with Crippen molar-refractivity contribution in [2.45, 2.75) is 31.7 Å². The third kappa shape index (κ3) is 3.77. The fraction of sp³-hybridized carbons (Fsp3) is 0.333. The normalized spacial score (nSPS) is 17.7. The summed E-state index contributed by atoms with van der Waals surface area (Å²) in [5, 5.41) is 2.80. The molecule has 5 heteroatoms. The van der Waals surface area contributed by atoms with Gasteiger partial charge in [0.25, 0.3) is 0 Å². The molecule has 1 unspecified atom stereocenters. The van der Waals surface area contributed by atoms with Crippen LogP contribution in [0.15, 0.2) is 54.6 Å². The lowest BCUT2D eigenvalue weighted by Crippen LogP contribution is -2.52. The number of hydrogen-bond donors (Lipinski definition) is 1. The molecule has 0 bridgehead atoms. The second-order valence-corrected chi connectivity index (χ2v) is 7.26. The largest absolute Gasteiger partial charge is 0.352 e. The zero-order chi connectivity index (χ0) is 18.7. The molecule has 26 heavy (non-hydrogen) atoms. The number of nitrogens with one attached hydrogen (secondary N) is 1. The van der Waals surface area contributed by atoms with Crippen molar-refractivity contribution in [3.05, 3.63) is 71.5 Å². The Morgan fingerprint density at radius 3 is 2.46 bits per heavy atom. The molecule has 3 rings (SSSR count).